The van der Waals surface area contributed by atoms with E-state index in [-0.39, 0.29) is 26.2 Å². The summed E-state index contributed by atoms with van der Waals surface area (Å²) in [6.07, 6.45) is 0.0150. The average Bonchev–Trinajstić information content (AvgIpc) is 3.25. The molecule has 0 unspecified atom stereocenters. The summed E-state index contributed by atoms with van der Waals surface area (Å²) in [4.78, 5) is 60.5. The van der Waals surface area contributed by atoms with Gasteiger partial charge in [-0.1, -0.05) is 27.7 Å². The average molecular weight is 943 g/mol. The number of hydrogen-bond acceptors (Lipinski definition) is 18. The van der Waals surface area contributed by atoms with E-state index in [1.165, 1.54) is 0 Å². The van der Waals surface area contributed by atoms with Gasteiger partial charge < -0.3 is 83.7 Å². The van der Waals surface area contributed by atoms with E-state index in [0.29, 0.717) is 151 Å². The maximum Gasteiger partial charge on any atom is 0.243 e. The molecule has 4 amide bonds. The first-order valence-corrected chi connectivity index (χ1v) is 22.6. The number of Topliss-reactive ketones (excluding diaryl/α,β-unsaturated/α-hetero) is 1. The van der Waals surface area contributed by atoms with Crippen molar-refractivity contribution in [3.8, 4) is 0 Å². The zero-order chi connectivity index (χ0) is 48.0. The lowest BCUT2D eigenvalue weighted by atomic mass is 9.98. The number of nitrogens with one attached hydrogen (secondary N) is 2. The minimum absolute atomic E-state index is 0.0229. The third-order valence-corrected chi connectivity index (χ3v) is 8.47. The lowest BCUT2D eigenvalue weighted by molar-refractivity contribution is -0.135. The second-order valence-corrected chi connectivity index (χ2v) is 15.0. The van der Waals surface area contributed by atoms with Crippen molar-refractivity contribution < 1.29 is 85.6 Å². The molecule has 0 rings (SSSR count). The van der Waals surface area contributed by atoms with Crippen LogP contribution in [-0.4, -0.2) is 213 Å². The standard InChI is InChI=1S/C43H82N4O18/c1-35(2)5-7-53-9-11-55-13-15-57-17-19-59-21-23-61-25-27-63-29-31-65-32-30-64-28-26-62-24-22-60-20-18-58-16-14-56-12-10-54-8-6-41(50)46-38(34-40(45)49)43(52)47-37(33-39(44)48)42(51)36(3)4/h35-38H,5-34H2,1-4H3,(H2,44,48)(H2,45,49)(H,46,50)(H,47,52)/t37-,38-/m0/s1. The first-order chi connectivity index (χ1) is 31.4. The van der Waals surface area contributed by atoms with Crippen LogP contribution >= 0.6 is 0 Å². The molecular weight excluding hydrogens is 860 g/mol. The summed E-state index contributed by atoms with van der Waals surface area (Å²) < 4.78 is 71.1. The molecule has 382 valence electrons. The van der Waals surface area contributed by atoms with Gasteiger partial charge in [0.1, 0.15) is 6.04 Å². The topological polar surface area (TPSA) is 281 Å². The summed E-state index contributed by atoms with van der Waals surface area (Å²) in [5.74, 6) is -3.33. The Labute approximate surface area is 385 Å². The monoisotopic (exact) mass is 943 g/mol. The Balaban J connectivity index is 3.47. The van der Waals surface area contributed by atoms with Crippen LogP contribution < -0.4 is 22.1 Å². The van der Waals surface area contributed by atoms with Crippen LogP contribution in [0, 0.1) is 11.8 Å². The molecule has 0 saturated carbocycles. The van der Waals surface area contributed by atoms with Gasteiger partial charge in [0.05, 0.1) is 184 Å². The Hall–Kier alpha value is -2.97. The first kappa shape index (κ1) is 62.0. The summed E-state index contributed by atoms with van der Waals surface area (Å²) in [5.41, 5.74) is 10.4. The number of amides is 4. The van der Waals surface area contributed by atoms with Gasteiger partial charge in [-0.05, 0) is 12.3 Å². The van der Waals surface area contributed by atoms with Crippen LogP contribution in [0.2, 0.25) is 0 Å². The molecule has 0 saturated heterocycles. The normalized spacial score (nSPS) is 12.5. The lowest BCUT2D eigenvalue weighted by Crippen LogP contribution is -2.54. The quantitative estimate of drug-likeness (QED) is 0.0564. The van der Waals surface area contributed by atoms with Gasteiger partial charge in [-0.3, -0.25) is 24.0 Å². The van der Waals surface area contributed by atoms with Crippen molar-refractivity contribution in [1.82, 2.24) is 10.6 Å². The number of ketones is 1. The highest BCUT2D eigenvalue weighted by molar-refractivity contribution is 5.97. The minimum atomic E-state index is -1.35. The van der Waals surface area contributed by atoms with Crippen molar-refractivity contribution in [3.63, 3.8) is 0 Å². The van der Waals surface area contributed by atoms with Gasteiger partial charge in [0.15, 0.2) is 5.78 Å². The van der Waals surface area contributed by atoms with Gasteiger partial charge in [0, 0.05) is 18.9 Å². The molecule has 0 fully saturated rings. The maximum absolute atomic E-state index is 12.8. The van der Waals surface area contributed by atoms with E-state index in [4.69, 9.17) is 73.0 Å². The second kappa shape index (κ2) is 46.2. The Morgan fingerprint density at radius 2 is 0.631 bits per heavy atom. The van der Waals surface area contributed by atoms with Crippen molar-refractivity contribution in [2.24, 2.45) is 23.3 Å². The first-order valence-electron chi connectivity index (χ1n) is 22.6. The number of rotatable bonds is 51. The second-order valence-electron chi connectivity index (χ2n) is 15.0. The summed E-state index contributed by atoms with van der Waals surface area (Å²) in [6, 6.07) is -2.55. The summed E-state index contributed by atoms with van der Waals surface area (Å²) in [6.45, 7) is 19.2. The van der Waals surface area contributed by atoms with Gasteiger partial charge >= 0.3 is 0 Å². The third kappa shape index (κ3) is 44.6. The zero-order valence-electron chi connectivity index (χ0n) is 39.5. The Bertz CT molecular complexity index is 1170. The van der Waals surface area contributed by atoms with E-state index in [1.54, 1.807) is 13.8 Å². The summed E-state index contributed by atoms with van der Waals surface area (Å²) in [5, 5.41) is 4.80. The largest absolute Gasteiger partial charge is 0.379 e. The van der Waals surface area contributed by atoms with Gasteiger partial charge in [0.2, 0.25) is 23.6 Å². The molecule has 2 atom stereocenters. The fraction of sp³-hybridized carbons (Fsp3) is 0.884. The number of hydrogen-bond donors (Lipinski definition) is 4. The molecule has 0 aromatic heterocycles. The van der Waals surface area contributed by atoms with Crippen molar-refractivity contribution >= 4 is 29.4 Å². The summed E-state index contributed by atoms with van der Waals surface area (Å²) in [7, 11) is 0. The number of primary amides is 2. The molecule has 0 aromatic carbocycles. The van der Waals surface area contributed by atoms with Gasteiger partial charge in [0.25, 0.3) is 0 Å². The smallest absolute Gasteiger partial charge is 0.243 e. The molecule has 0 bridgehead atoms. The molecule has 0 heterocycles. The Morgan fingerprint density at radius 3 is 0.892 bits per heavy atom. The van der Waals surface area contributed by atoms with Crippen molar-refractivity contribution in [3.05, 3.63) is 0 Å². The molecule has 6 N–H and O–H groups in total. The van der Waals surface area contributed by atoms with Crippen LogP contribution in [0.15, 0.2) is 0 Å². The van der Waals surface area contributed by atoms with E-state index in [2.05, 4.69) is 24.5 Å². The highest BCUT2D eigenvalue weighted by atomic mass is 16.6. The molecule has 22 nitrogen and oxygen atoms in total. The predicted molar refractivity (Wildman–Crippen MR) is 236 cm³/mol. The Kier molecular flexibility index (Phi) is 44.0. The van der Waals surface area contributed by atoms with Crippen LogP contribution in [0.25, 0.3) is 0 Å². The van der Waals surface area contributed by atoms with Crippen molar-refractivity contribution in [2.75, 3.05) is 172 Å². The SMILES string of the molecule is CC(C)CCOCCOCCOCCOCCOCCOCCOCCOCCOCCOCCOCCOCCOCCC(=O)N[C@@H](CC(N)=O)C(=O)N[C@@H](CC(N)=O)C(=O)C(C)C. The summed E-state index contributed by atoms with van der Waals surface area (Å²) >= 11 is 0. The predicted octanol–water partition coefficient (Wildman–Crippen LogP) is -0.416. The molecule has 0 aliphatic carbocycles. The van der Waals surface area contributed by atoms with Crippen LogP contribution in [0.3, 0.4) is 0 Å². The van der Waals surface area contributed by atoms with Crippen molar-refractivity contribution in [1.29, 1.82) is 0 Å². The fourth-order valence-electron chi connectivity index (χ4n) is 5.00. The van der Waals surface area contributed by atoms with E-state index in [0.717, 1.165) is 13.0 Å². The lowest BCUT2D eigenvalue weighted by Gasteiger charge is -2.22. The van der Waals surface area contributed by atoms with Gasteiger partial charge in [-0.2, -0.15) is 0 Å². The Morgan fingerprint density at radius 1 is 0.369 bits per heavy atom. The van der Waals surface area contributed by atoms with E-state index < -0.39 is 60.3 Å². The molecule has 0 aliphatic rings. The van der Waals surface area contributed by atoms with Crippen LogP contribution in [0.4, 0.5) is 0 Å². The highest BCUT2D eigenvalue weighted by Gasteiger charge is 2.30. The van der Waals surface area contributed by atoms with Gasteiger partial charge in [-0.15, -0.1) is 0 Å². The van der Waals surface area contributed by atoms with E-state index in [9.17, 15) is 24.0 Å². The number of nitrogens with two attached hydrogens (primary N) is 2. The van der Waals surface area contributed by atoms with E-state index >= 15 is 0 Å². The number of ether oxygens (including phenoxy) is 13. The van der Waals surface area contributed by atoms with Crippen LogP contribution in [-0.2, 0) is 85.6 Å². The number of carbonyl (C=O) groups excluding carboxylic acids is 5. The maximum atomic E-state index is 12.8. The van der Waals surface area contributed by atoms with E-state index in [1.807, 2.05) is 0 Å². The highest BCUT2D eigenvalue weighted by Crippen LogP contribution is 2.06. The molecular formula is C43H82N4O18. The molecule has 65 heavy (non-hydrogen) atoms. The molecule has 0 radical (unpaired) electrons. The molecule has 0 spiro atoms. The third-order valence-electron chi connectivity index (χ3n) is 8.47. The molecule has 0 aromatic rings. The minimum Gasteiger partial charge on any atom is -0.379 e. The molecule has 22 heteroatoms. The number of carbonyl (C=O) groups is 5. The van der Waals surface area contributed by atoms with Crippen LogP contribution in [0.1, 0.15) is 53.4 Å². The van der Waals surface area contributed by atoms with Gasteiger partial charge in [-0.25, -0.2) is 0 Å². The molecule has 0 aliphatic heterocycles. The zero-order valence-corrected chi connectivity index (χ0v) is 39.5. The van der Waals surface area contributed by atoms with Crippen LogP contribution in [0.5, 0.6) is 0 Å². The van der Waals surface area contributed by atoms with Crippen molar-refractivity contribution in [2.45, 2.75) is 65.5 Å². The fourth-order valence-corrected chi connectivity index (χ4v) is 5.00.